The van der Waals surface area contributed by atoms with Crippen LogP contribution in [0.5, 0.6) is 0 Å². The second-order valence-corrected chi connectivity index (χ2v) is 7.49. The Bertz CT molecular complexity index is 264. The van der Waals surface area contributed by atoms with Crippen molar-refractivity contribution in [3.05, 3.63) is 0 Å². The standard InChI is InChI=1S/C16H30/c1-7-13(3)9-10-14(4,8-2)16(6)12-11-15(13,16)5/h7-12H2,1-6H3. The predicted molar refractivity (Wildman–Crippen MR) is 71.5 cm³/mol. The lowest BCUT2D eigenvalue weighted by Gasteiger charge is -2.74. The van der Waals surface area contributed by atoms with Crippen molar-refractivity contribution in [2.45, 2.75) is 80.1 Å². The Morgan fingerprint density at radius 1 is 0.625 bits per heavy atom. The molecule has 2 rings (SSSR count). The van der Waals surface area contributed by atoms with Crippen LogP contribution >= 0.6 is 0 Å². The zero-order valence-electron chi connectivity index (χ0n) is 12.2. The fraction of sp³-hybridized carbons (Fsp3) is 1.00. The lowest BCUT2D eigenvalue weighted by atomic mass is 9.30. The van der Waals surface area contributed by atoms with Gasteiger partial charge in [0, 0.05) is 0 Å². The molecule has 4 atom stereocenters. The molecule has 0 saturated heterocycles. The molecule has 0 amide bonds. The van der Waals surface area contributed by atoms with E-state index in [1.165, 1.54) is 38.5 Å². The van der Waals surface area contributed by atoms with Gasteiger partial charge in [-0.1, -0.05) is 54.4 Å². The highest BCUT2D eigenvalue weighted by atomic mass is 14.7. The van der Waals surface area contributed by atoms with Crippen molar-refractivity contribution in [3.8, 4) is 0 Å². The molecule has 0 spiro atoms. The third-order valence-electron chi connectivity index (χ3n) is 7.80. The molecule has 0 N–H and O–H groups in total. The minimum atomic E-state index is 0.592. The van der Waals surface area contributed by atoms with Gasteiger partial charge in [0.15, 0.2) is 0 Å². The molecular formula is C16H30. The van der Waals surface area contributed by atoms with Gasteiger partial charge in [0.25, 0.3) is 0 Å². The molecule has 2 fully saturated rings. The van der Waals surface area contributed by atoms with Crippen molar-refractivity contribution < 1.29 is 0 Å². The van der Waals surface area contributed by atoms with E-state index in [0.717, 1.165) is 0 Å². The van der Waals surface area contributed by atoms with Crippen LogP contribution in [0.25, 0.3) is 0 Å². The van der Waals surface area contributed by atoms with E-state index >= 15 is 0 Å². The van der Waals surface area contributed by atoms with Crippen LogP contribution in [0.4, 0.5) is 0 Å². The van der Waals surface area contributed by atoms with Gasteiger partial charge in [-0.2, -0.15) is 0 Å². The quantitative estimate of drug-likeness (QED) is 0.585. The molecular weight excluding hydrogens is 192 g/mol. The molecule has 2 aliphatic rings. The minimum absolute atomic E-state index is 0.592. The fourth-order valence-corrected chi connectivity index (χ4v) is 5.05. The van der Waals surface area contributed by atoms with E-state index in [4.69, 9.17) is 0 Å². The Kier molecular flexibility index (Phi) is 2.54. The Labute approximate surface area is 102 Å². The van der Waals surface area contributed by atoms with Gasteiger partial charge in [0.2, 0.25) is 0 Å². The molecule has 0 bridgehead atoms. The molecule has 0 aromatic heterocycles. The van der Waals surface area contributed by atoms with Crippen LogP contribution in [0.1, 0.15) is 80.1 Å². The van der Waals surface area contributed by atoms with Crippen LogP contribution in [0, 0.1) is 21.7 Å². The molecule has 0 radical (unpaired) electrons. The smallest absolute Gasteiger partial charge is 0.0213 e. The molecule has 4 unspecified atom stereocenters. The zero-order valence-corrected chi connectivity index (χ0v) is 12.2. The topological polar surface area (TPSA) is 0 Å². The van der Waals surface area contributed by atoms with E-state index in [2.05, 4.69) is 41.5 Å². The summed E-state index contributed by atoms with van der Waals surface area (Å²) in [5.41, 5.74) is 2.37. The van der Waals surface area contributed by atoms with Crippen LogP contribution in [-0.4, -0.2) is 0 Å². The summed E-state index contributed by atoms with van der Waals surface area (Å²) in [6, 6.07) is 0. The molecule has 0 aromatic carbocycles. The van der Waals surface area contributed by atoms with Gasteiger partial charge >= 0.3 is 0 Å². The van der Waals surface area contributed by atoms with E-state index in [0.29, 0.717) is 21.7 Å². The van der Waals surface area contributed by atoms with Crippen LogP contribution in [-0.2, 0) is 0 Å². The normalized spacial score (nSPS) is 56.6. The highest BCUT2D eigenvalue weighted by Gasteiger charge is 2.68. The number of fused-ring (bicyclic) bond motifs is 1. The summed E-state index contributed by atoms with van der Waals surface area (Å²) in [5.74, 6) is 0. The van der Waals surface area contributed by atoms with Gasteiger partial charge in [-0.15, -0.1) is 0 Å². The molecule has 0 heteroatoms. The van der Waals surface area contributed by atoms with Crippen molar-refractivity contribution in [1.82, 2.24) is 0 Å². The molecule has 0 aromatic rings. The van der Waals surface area contributed by atoms with E-state index in [9.17, 15) is 0 Å². The average molecular weight is 222 g/mol. The van der Waals surface area contributed by atoms with Gasteiger partial charge in [-0.25, -0.2) is 0 Å². The Morgan fingerprint density at radius 2 is 0.938 bits per heavy atom. The van der Waals surface area contributed by atoms with Crippen molar-refractivity contribution in [2.24, 2.45) is 21.7 Å². The zero-order chi connectivity index (χ0) is 12.2. The van der Waals surface area contributed by atoms with E-state index in [-0.39, 0.29) is 0 Å². The van der Waals surface area contributed by atoms with Crippen molar-refractivity contribution in [3.63, 3.8) is 0 Å². The Balaban J connectivity index is 2.43. The number of hydrogen-bond acceptors (Lipinski definition) is 0. The second-order valence-electron chi connectivity index (χ2n) is 7.49. The minimum Gasteiger partial charge on any atom is -0.0648 e. The summed E-state index contributed by atoms with van der Waals surface area (Å²) in [4.78, 5) is 0. The van der Waals surface area contributed by atoms with Gasteiger partial charge in [0.05, 0.1) is 0 Å². The van der Waals surface area contributed by atoms with Crippen molar-refractivity contribution in [1.29, 1.82) is 0 Å². The van der Waals surface area contributed by atoms with E-state index in [1.807, 2.05) is 0 Å². The predicted octanol–water partition coefficient (Wildman–Crippen LogP) is 5.42. The summed E-state index contributed by atoms with van der Waals surface area (Å²) in [5, 5.41) is 0. The maximum absolute atomic E-state index is 2.59. The molecule has 0 heterocycles. The van der Waals surface area contributed by atoms with Crippen LogP contribution in [0.15, 0.2) is 0 Å². The summed E-state index contributed by atoms with van der Waals surface area (Å²) < 4.78 is 0. The summed E-state index contributed by atoms with van der Waals surface area (Å²) >= 11 is 0. The first-order chi connectivity index (χ1) is 7.29. The maximum atomic E-state index is 2.59. The highest BCUT2D eigenvalue weighted by Crippen LogP contribution is 2.77. The van der Waals surface area contributed by atoms with Crippen LogP contribution in [0.2, 0.25) is 0 Å². The lowest BCUT2D eigenvalue weighted by Crippen LogP contribution is -2.66. The third-order valence-corrected chi connectivity index (χ3v) is 7.80. The first-order valence-corrected chi connectivity index (χ1v) is 7.29. The molecule has 2 saturated carbocycles. The highest BCUT2D eigenvalue weighted by molar-refractivity contribution is 5.18. The number of rotatable bonds is 2. The second kappa shape index (κ2) is 3.27. The van der Waals surface area contributed by atoms with E-state index in [1.54, 1.807) is 0 Å². The maximum Gasteiger partial charge on any atom is -0.0213 e. The lowest BCUT2D eigenvalue weighted by molar-refractivity contribution is -0.249. The molecule has 94 valence electrons. The van der Waals surface area contributed by atoms with Gasteiger partial charge in [-0.05, 0) is 47.3 Å². The SMILES string of the molecule is CCC1(C)CCC(C)(CC)C2(C)CCC12C. The summed E-state index contributed by atoms with van der Waals surface area (Å²) in [6.07, 6.45) is 8.53. The average Bonchev–Trinajstić information content (AvgIpc) is 2.30. The molecule has 0 nitrogen and oxygen atoms in total. The monoisotopic (exact) mass is 222 g/mol. The van der Waals surface area contributed by atoms with Crippen LogP contribution < -0.4 is 0 Å². The van der Waals surface area contributed by atoms with Gasteiger partial charge < -0.3 is 0 Å². The number of hydrogen-bond donors (Lipinski definition) is 0. The molecule has 16 heavy (non-hydrogen) atoms. The fourth-order valence-electron chi connectivity index (χ4n) is 5.05. The third kappa shape index (κ3) is 1.07. The summed E-state index contributed by atoms with van der Waals surface area (Å²) in [7, 11) is 0. The molecule has 2 aliphatic carbocycles. The van der Waals surface area contributed by atoms with Crippen molar-refractivity contribution >= 4 is 0 Å². The first-order valence-electron chi connectivity index (χ1n) is 7.29. The Hall–Kier alpha value is 0. The summed E-state index contributed by atoms with van der Waals surface area (Å²) in [6.45, 7) is 15.1. The first kappa shape index (κ1) is 12.5. The van der Waals surface area contributed by atoms with Gasteiger partial charge in [-0.3, -0.25) is 0 Å². The van der Waals surface area contributed by atoms with E-state index < -0.39 is 0 Å². The van der Waals surface area contributed by atoms with Crippen LogP contribution in [0.3, 0.4) is 0 Å². The Morgan fingerprint density at radius 3 is 1.12 bits per heavy atom. The van der Waals surface area contributed by atoms with Crippen molar-refractivity contribution in [2.75, 3.05) is 0 Å². The largest absolute Gasteiger partial charge is 0.0648 e. The van der Waals surface area contributed by atoms with Gasteiger partial charge in [0.1, 0.15) is 0 Å². The molecule has 0 aliphatic heterocycles.